The summed E-state index contributed by atoms with van der Waals surface area (Å²) in [7, 11) is 1.89. The molecule has 3 N–H and O–H groups in total. The standard InChI is InChI=1S/C32H58N4O2/c1-20(2)34-29(37)22(5)26-11-12-27-25-10-9-23-19-24(33-17-18-36(8)30(38)35-21(3)4)13-15-31(23,6)28(25)14-16-32(26,27)7/h20-28,33H,9-19H2,1-8H3,(H,34,37)(H,35,38)/t22?,23?,24-,25?,26+,27?,28?,31-,32+/m0/s1. The number of hydrogen-bond donors (Lipinski definition) is 3. The largest absolute Gasteiger partial charge is 0.354 e. The first kappa shape index (κ1) is 29.7. The summed E-state index contributed by atoms with van der Waals surface area (Å²) in [5, 5.41) is 9.99. The summed E-state index contributed by atoms with van der Waals surface area (Å²) in [6.07, 6.45) is 11.8. The monoisotopic (exact) mass is 530 g/mol. The van der Waals surface area contributed by atoms with Crippen LogP contribution < -0.4 is 16.0 Å². The third-order valence-corrected chi connectivity index (χ3v) is 11.8. The van der Waals surface area contributed by atoms with E-state index in [1.54, 1.807) is 4.90 Å². The van der Waals surface area contributed by atoms with Crippen molar-refractivity contribution in [2.24, 2.45) is 46.3 Å². The summed E-state index contributed by atoms with van der Waals surface area (Å²) < 4.78 is 0. The van der Waals surface area contributed by atoms with Gasteiger partial charge in [0.1, 0.15) is 0 Å². The molecule has 4 aliphatic carbocycles. The molecule has 3 amide bonds. The van der Waals surface area contributed by atoms with Gasteiger partial charge in [-0.25, -0.2) is 4.79 Å². The highest BCUT2D eigenvalue weighted by Gasteiger charge is 2.61. The molecule has 0 aromatic carbocycles. The molecule has 9 atom stereocenters. The highest BCUT2D eigenvalue weighted by Crippen LogP contribution is 2.68. The molecule has 218 valence electrons. The van der Waals surface area contributed by atoms with Crippen LogP contribution in [0.3, 0.4) is 0 Å². The highest BCUT2D eigenvalue weighted by atomic mass is 16.2. The number of nitrogens with zero attached hydrogens (tertiary/aromatic N) is 1. The molecule has 4 fully saturated rings. The molecule has 0 saturated heterocycles. The van der Waals surface area contributed by atoms with Crippen LogP contribution >= 0.6 is 0 Å². The second kappa shape index (κ2) is 11.7. The lowest BCUT2D eigenvalue weighted by Crippen LogP contribution is -2.56. The Morgan fingerprint density at radius 3 is 2.18 bits per heavy atom. The van der Waals surface area contributed by atoms with Crippen LogP contribution in [0.4, 0.5) is 4.79 Å². The van der Waals surface area contributed by atoms with Crippen molar-refractivity contribution in [2.45, 2.75) is 124 Å². The number of likely N-dealkylation sites (N-methyl/N-ethyl adjacent to an activating group) is 1. The van der Waals surface area contributed by atoms with E-state index in [2.05, 4.69) is 50.6 Å². The van der Waals surface area contributed by atoms with E-state index < -0.39 is 0 Å². The number of carbonyl (C=O) groups excluding carboxylic acids is 2. The minimum absolute atomic E-state index is 0.0183. The number of amides is 3. The van der Waals surface area contributed by atoms with Crippen LogP contribution in [0.2, 0.25) is 0 Å². The van der Waals surface area contributed by atoms with Gasteiger partial charge in [-0.2, -0.15) is 0 Å². The molecule has 6 nitrogen and oxygen atoms in total. The van der Waals surface area contributed by atoms with Crippen molar-refractivity contribution in [3.63, 3.8) is 0 Å². The molecule has 0 radical (unpaired) electrons. The van der Waals surface area contributed by atoms with Gasteiger partial charge >= 0.3 is 6.03 Å². The fourth-order valence-electron chi connectivity index (χ4n) is 9.80. The van der Waals surface area contributed by atoms with Crippen molar-refractivity contribution in [3.05, 3.63) is 0 Å². The first-order valence-corrected chi connectivity index (χ1v) is 15.9. The van der Waals surface area contributed by atoms with Gasteiger partial charge in [0.15, 0.2) is 0 Å². The highest BCUT2D eigenvalue weighted by molar-refractivity contribution is 5.79. The van der Waals surface area contributed by atoms with E-state index >= 15 is 0 Å². The van der Waals surface area contributed by atoms with Crippen LogP contribution in [0.1, 0.15) is 106 Å². The summed E-state index contributed by atoms with van der Waals surface area (Å²) in [5.74, 6) is 4.21. The molecule has 6 heteroatoms. The van der Waals surface area contributed by atoms with Crippen LogP contribution in [-0.4, -0.2) is 55.1 Å². The van der Waals surface area contributed by atoms with Crippen LogP contribution in [0.25, 0.3) is 0 Å². The van der Waals surface area contributed by atoms with E-state index in [4.69, 9.17) is 0 Å². The number of fused-ring (bicyclic) bond motifs is 5. The van der Waals surface area contributed by atoms with Crippen molar-refractivity contribution in [1.29, 1.82) is 0 Å². The Morgan fingerprint density at radius 2 is 1.50 bits per heavy atom. The number of carbonyl (C=O) groups is 2. The van der Waals surface area contributed by atoms with Gasteiger partial charge in [0, 0.05) is 44.2 Å². The quantitative estimate of drug-likeness (QED) is 0.371. The summed E-state index contributed by atoms with van der Waals surface area (Å²) in [6.45, 7) is 17.2. The van der Waals surface area contributed by atoms with Gasteiger partial charge in [0.25, 0.3) is 0 Å². The maximum atomic E-state index is 13.0. The van der Waals surface area contributed by atoms with Crippen LogP contribution in [0.15, 0.2) is 0 Å². The lowest BCUT2D eigenvalue weighted by Gasteiger charge is -2.61. The Labute approximate surface area is 233 Å². The Morgan fingerprint density at radius 1 is 0.842 bits per heavy atom. The lowest BCUT2D eigenvalue weighted by atomic mass is 9.44. The molecular formula is C32H58N4O2. The SMILES string of the molecule is CC(C)NC(=O)C(C)[C@H]1CCC2C3CCC4C[C@@H](NCCN(C)C(=O)NC(C)C)CC[C@]4(C)C3CC[C@@]21C. The van der Waals surface area contributed by atoms with Crippen molar-refractivity contribution in [1.82, 2.24) is 20.9 Å². The van der Waals surface area contributed by atoms with Crippen molar-refractivity contribution < 1.29 is 9.59 Å². The summed E-state index contributed by atoms with van der Waals surface area (Å²) in [5.41, 5.74) is 0.792. The van der Waals surface area contributed by atoms with E-state index in [1.165, 1.54) is 57.8 Å². The van der Waals surface area contributed by atoms with Gasteiger partial charge < -0.3 is 20.9 Å². The average Bonchev–Trinajstić information content (AvgIpc) is 3.19. The molecule has 4 saturated carbocycles. The van der Waals surface area contributed by atoms with E-state index in [9.17, 15) is 9.59 Å². The molecule has 38 heavy (non-hydrogen) atoms. The van der Waals surface area contributed by atoms with Gasteiger partial charge in [0.05, 0.1) is 0 Å². The summed E-state index contributed by atoms with van der Waals surface area (Å²) in [4.78, 5) is 27.0. The molecular weight excluding hydrogens is 472 g/mol. The van der Waals surface area contributed by atoms with Gasteiger partial charge in [0.2, 0.25) is 5.91 Å². The zero-order valence-electron chi connectivity index (χ0n) is 25.7. The molecule has 0 aromatic rings. The number of urea groups is 1. The molecule has 0 aliphatic heterocycles. The Bertz CT molecular complexity index is 845. The van der Waals surface area contributed by atoms with Gasteiger partial charge in [-0.05, 0) is 126 Å². The Hall–Kier alpha value is -1.30. The van der Waals surface area contributed by atoms with Gasteiger partial charge in [-0.1, -0.05) is 20.8 Å². The molecule has 0 spiro atoms. The number of nitrogens with one attached hydrogen (secondary N) is 3. The smallest absolute Gasteiger partial charge is 0.317 e. The van der Waals surface area contributed by atoms with Crippen molar-refractivity contribution in [2.75, 3.05) is 20.1 Å². The zero-order chi connectivity index (χ0) is 27.8. The third kappa shape index (κ3) is 5.76. The zero-order valence-corrected chi connectivity index (χ0v) is 25.7. The lowest BCUT2D eigenvalue weighted by molar-refractivity contribution is -0.134. The Kier molecular flexibility index (Phi) is 9.11. The van der Waals surface area contributed by atoms with Crippen LogP contribution in [0, 0.1) is 46.3 Å². The molecule has 4 aliphatic rings. The fraction of sp³-hybridized carbons (Fsp3) is 0.938. The van der Waals surface area contributed by atoms with Crippen LogP contribution in [-0.2, 0) is 4.79 Å². The van der Waals surface area contributed by atoms with Crippen LogP contribution in [0.5, 0.6) is 0 Å². The second-order valence-electron chi connectivity index (χ2n) is 14.8. The minimum atomic E-state index is 0.0183. The topological polar surface area (TPSA) is 73.5 Å². The van der Waals surface area contributed by atoms with Gasteiger partial charge in [-0.3, -0.25) is 4.79 Å². The molecule has 5 unspecified atom stereocenters. The first-order chi connectivity index (χ1) is 17.9. The van der Waals surface area contributed by atoms with Crippen molar-refractivity contribution >= 4 is 11.9 Å². The van der Waals surface area contributed by atoms with Gasteiger partial charge in [-0.15, -0.1) is 0 Å². The maximum absolute atomic E-state index is 13.0. The van der Waals surface area contributed by atoms with E-state index in [-0.39, 0.29) is 29.9 Å². The maximum Gasteiger partial charge on any atom is 0.317 e. The predicted octanol–water partition coefficient (Wildman–Crippen LogP) is 5.81. The third-order valence-electron chi connectivity index (χ3n) is 11.8. The van der Waals surface area contributed by atoms with Crippen molar-refractivity contribution in [3.8, 4) is 0 Å². The normalized spacial score (nSPS) is 39.2. The van der Waals surface area contributed by atoms with E-state index in [0.717, 1.165) is 36.8 Å². The summed E-state index contributed by atoms with van der Waals surface area (Å²) >= 11 is 0. The number of rotatable bonds is 8. The average molecular weight is 531 g/mol. The first-order valence-electron chi connectivity index (χ1n) is 15.9. The predicted molar refractivity (Wildman–Crippen MR) is 156 cm³/mol. The summed E-state index contributed by atoms with van der Waals surface area (Å²) in [6, 6.07) is 0.987. The van der Waals surface area contributed by atoms with E-state index in [1.807, 2.05) is 20.9 Å². The fourth-order valence-corrected chi connectivity index (χ4v) is 9.80. The second-order valence-corrected chi connectivity index (χ2v) is 14.8. The minimum Gasteiger partial charge on any atom is -0.354 e. The molecule has 4 rings (SSSR count). The molecule has 0 bridgehead atoms. The molecule has 0 heterocycles. The van der Waals surface area contributed by atoms with E-state index in [0.29, 0.717) is 22.8 Å². The Balaban J connectivity index is 1.33. The number of hydrogen-bond acceptors (Lipinski definition) is 3. The molecule has 0 aromatic heterocycles.